The van der Waals surface area contributed by atoms with Crippen LogP contribution in [-0.4, -0.2) is 34.4 Å². The summed E-state index contributed by atoms with van der Waals surface area (Å²) >= 11 is 0. The Labute approximate surface area is 189 Å². The zero-order valence-corrected chi connectivity index (χ0v) is 18.1. The third-order valence-electron chi connectivity index (χ3n) is 5.64. The molecule has 3 aromatic rings. The minimum Gasteiger partial charge on any atom is -0.493 e. The van der Waals surface area contributed by atoms with Gasteiger partial charge in [-0.05, 0) is 37.0 Å². The van der Waals surface area contributed by atoms with E-state index in [2.05, 4.69) is 20.6 Å². The number of hydrogen-bond donors (Lipinski definition) is 2. The molecule has 0 aliphatic heterocycles. The van der Waals surface area contributed by atoms with Crippen LogP contribution in [0.3, 0.4) is 0 Å². The zero-order chi connectivity index (χ0) is 23.6. The van der Waals surface area contributed by atoms with Crippen molar-refractivity contribution in [2.24, 2.45) is 0 Å². The van der Waals surface area contributed by atoms with Crippen LogP contribution < -0.4 is 15.4 Å². The molecule has 0 bridgehead atoms. The highest BCUT2D eigenvalue weighted by Crippen LogP contribution is 2.37. The number of amides is 2. The molecule has 2 amide bonds. The number of rotatable bonds is 7. The minimum absolute atomic E-state index is 0.0410. The molecule has 1 fully saturated rings. The van der Waals surface area contributed by atoms with Crippen LogP contribution in [0.5, 0.6) is 5.75 Å². The van der Waals surface area contributed by atoms with E-state index in [1.807, 2.05) is 6.92 Å². The predicted molar refractivity (Wildman–Crippen MR) is 116 cm³/mol. The highest BCUT2D eigenvalue weighted by atomic mass is 19.1. The largest absolute Gasteiger partial charge is 0.493 e. The van der Waals surface area contributed by atoms with Crippen LogP contribution in [0.15, 0.2) is 55.1 Å². The summed E-state index contributed by atoms with van der Waals surface area (Å²) in [6.07, 6.45) is 5.17. The van der Waals surface area contributed by atoms with E-state index < -0.39 is 23.1 Å². The molecule has 7 nitrogen and oxygen atoms in total. The fourth-order valence-electron chi connectivity index (χ4n) is 3.59. The summed E-state index contributed by atoms with van der Waals surface area (Å²) in [5.41, 5.74) is 0.991. The molecule has 1 aliphatic rings. The first-order chi connectivity index (χ1) is 15.8. The number of hydrogen-bond acceptors (Lipinski definition) is 5. The van der Waals surface area contributed by atoms with Gasteiger partial charge in [0, 0.05) is 24.0 Å². The van der Waals surface area contributed by atoms with Gasteiger partial charge in [0.05, 0.1) is 18.7 Å². The van der Waals surface area contributed by atoms with E-state index in [0.717, 1.165) is 11.6 Å². The van der Waals surface area contributed by atoms with Crippen LogP contribution in [0.4, 0.5) is 8.78 Å². The molecule has 0 spiro atoms. The lowest BCUT2D eigenvalue weighted by Gasteiger charge is -2.21. The summed E-state index contributed by atoms with van der Waals surface area (Å²) in [6, 6.07) is 8.57. The van der Waals surface area contributed by atoms with Gasteiger partial charge in [0.25, 0.3) is 5.91 Å². The van der Waals surface area contributed by atoms with Gasteiger partial charge < -0.3 is 15.4 Å². The Bertz CT molecular complexity index is 1180. The first kappa shape index (κ1) is 22.3. The molecule has 2 aromatic carbocycles. The smallest absolute Gasteiger partial charge is 0.255 e. The number of halogens is 2. The molecule has 1 heterocycles. The van der Waals surface area contributed by atoms with Crippen molar-refractivity contribution in [2.45, 2.75) is 31.3 Å². The van der Waals surface area contributed by atoms with Crippen molar-refractivity contribution in [3.63, 3.8) is 0 Å². The van der Waals surface area contributed by atoms with Crippen molar-refractivity contribution < 1.29 is 23.1 Å². The van der Waals surface area contributed by atoms with Crippen LogP contribution in [0, 0.1) is 11.6 Å². The summed E-state index contributed by atoms with van der Waals surface area (Å²) in [7, 11) is 1.32. The molecule has 0 radical (unpaired) electrons. The number of nitrogens with zero attached hydrogens (tertiary/aromatic N) is 2. The fraction of sp³-hybridized carbons (Fsp3) is 0.250. The zero-order valence-electron chi connectivity index (χ0n) is 18.1. The molecule has 2 N–H and O–H groups in total. The minimum atomic E-state index is -0.951. The lowest BCUT2D eigenvalue weighted by Crippen LogP contribution is -2.49. The summed E-state index contributed by atoms with van der Waals surface area (Å²) in [4.78, 5) is 32.9. The second kappa shape index (κ2) is 8.93. The van der Waals surface area contributed by atoms with E-state index >= 15 is 0 Å². The standard InChI is InChI=1S/C24H22F2N4O3/c1-14(29-23(32)24(7-8-24)30-22(31)17-11-27-13-28-12-17)15-3-5-16(6-4-15)19-9-18(25)10-20(26)21(19)33-2/h3-6,9-14H,7-8H2,1-2H3,(H,29,32)(H,30,31)/t14-/m1/s1. The van der Waals surface area contributed by atoms with Gasteiger partial charge in [-0.15, -0.1) is 0 Å². The molecule has 0 unspecified atom stereocenters. The van der Waals surface area contributed by atoms with Gasteiger partial charge in [0.1, 0.15) is 17.7 Å². The van der Waals surface area contributed by atoms with Crippen LogP contribution in [0.2, 0.25) is 0 Å². The van der Waals surface area contributed by atoms with Gasteiger partial charge in [-0.2, -0.15) is 0 Å². The maximum absolute atomic E-state index is 14.0. The second-order valence-electron chi connectivity index (χ2n) is 7.95. The molecule has 1 atom stereocenters. The molecular weight excluding hydrogens is 430 g/mol. The van der Waals surface area contributed by atoms with Crippen molar-refractivity contribution >= 4 is 11.8 Å². The number of nitrogens with one attached hydrogen (secondary N) is 2. The summed E-state index contributed by atoms with van der Waals surface area (Å²) < 4.78 is 32.8. The number of ether oxygens (including phenoxy) is 1. The van der Waals surface area contributed by atoms with Gasteiger partial charge >= 0.3 is 0 Å². The summed E-state index contributed by atoms with van der Waals surface area (Å²) in [5, 5.41) is 5.70. The van der Waals surface area contributed by atoms with Crippen LogP contribution >= 0.6 is 0 Å². The quantitative estimate of drug-likeness (QED) is 0.572. The summed E-state index contributed by atoms with van der Waals surface area (Å²) in [5.74, 6) is -2.21. The number of aromatic nitrogens is 2. The normalized spacial score (nSPS) is 14.8. The number of benzene rings is 2. The Hall–Kier alpha value is -3.88. The molecular formula is C24H22F2N4O3. The fourth-order valence-corrected chi connectivity index (χ4v) is 3.59. The molecule has 1 aromatic heterocycles. The van der Waals surface area contributed by atoms with Crippen molar-refractivity contribution in [2.75, 3.05) is 7.11 Å². The van der Waals surface area contributed by atoms with Gasteiger partial charge in [0.2, 0.25) is 5.91 Å². The van der Waals surface area contributed by atoms with Crippen LogP contribution in [-0.2, 0) is 4.79 Å². The van der Waals surface area contributed by atoms with Gasteiger partial charge in [-0.25, -0.2) is 18.7 Å². The predicted octanol–water partition coefficient (Wildman–Crippen LogP) is 3.57. The van der Waals surface area contributed by atoms with Crippen molar-refractivity contribution in [3.8, 4) is 16.9 Å². The Balaban J connectivity index is 1.45. The van der Waals surface area contributed by atoms with E-state index in [0.29, 0.717) is 24.0 Å². The van der Waals surface area contributed by atoms with Gasteiger partial charge in [-0.3, -0.25) is 9.59 Å². The first-order valence-electron chi connectivity index (χ1n) is 10.3. The first-order valence-corrected chi connectivity index (χ1v) is 10.3. The van der Waals surface area contributed by atoms with E-state index in [4.69, 9.17) is 4.74 Å². The highest BCUT2D eigenvalue weighted by Gasteiger charge is 2.51. The molecule has 170 valence electrons. The molecule has 4 rings (SSSR count). The Kier molecular flexibility index (Phi) is 6.04. The summed E-state index contributed by atoms with van der Waals surface area (Å²) in [6.45, 7) is 1.82. The van der Waals surface area contributed by atoms with Crippen molar-refractivity contribution in [1.29, 1.82) is 0 Å². The second-order valence-corrected chi connectivity index (χ2v) is 7.95. The van der Waals surface area contributed by atoms with E-state index in [1.54, 1.807) is 24.3 Å². The van der Waals surface area contributed by atoms with Crippen molar-refractivity contribution in [1.82, 2.24) is 20.6 Å². The Morgan fingerprint density at radius 1 is 1.09 bits per heavy atom. The highest BCUT2D eigenvalue weighted by molar-refractivity contribution is 6.00. The third-order valence-corrected chi connectivity index (χ3v) is 5.64. The molecule has 9 heteroatoms. The van der Waals surface area contributed by atoms with Crippen LogP contribution in [0.25, 0.3) is 11.1 Å². The molecule has 1 saturated carbocycles. The molecule has 0 saturated heterocycles. The molecule has 33 heavy (non-hydrogen) atoms. The average Bonchev–Trinajstić information content (AvgIpc) is 3.60. The average molecular weight is 452 g/mol. The number of carbonyl (C=O) groups excluding carboxylic acids is 2. The third kappa shape index (κ3) is 4.67. The Morgan fingerprint density at radius 3 is 2.36 bits per heavy atom. The number of methoxy groups -OCH3 is 1. The van der Waals surface area contributed by atoms with E-state index in [-0.39, 0.29) is 23.3 Å². The van der Waals surface area contributed by atoms with Crippen LogP contribution in [0.1, 0.15) is 41.7 Å². The van der Waals surface area contributed by atoms with E-state index in [9.17, 15) is 18.4 Å². The number of carbonyl (C=O) groups is 2. The SMILES string of the molecule is COc1c(F)cc(F)cc1-c1ccc([C@@H](C)NC(=O)C2(NC(=O)c3cncnc3)CC2)cc1. The maximum atomic E-state index is 14.0. The lowest BCUT2D eigenvalue weighted by atomic mass is 10.00. The van der Waals surface area contributed by atoms with Gasteiger partial charge in [0.15, 0.2) is 11.6 Å². The topological polar surface area (TPSA) is 93.2 Å². The van der Waals surface area contributed by atoms with Gasteiger partial charge in [-0.1, -0.05) is 24.3 Å². The van der Waals surface area contributed by atoms with Crippen molar-refractivity contribution in [3.05, 3.63) is 77.9 Å². The monoisotopic (exact) mass is 452 g/mol. The molecule has 1 aliphatic carbocycles. The maximum Gasteiger partial charge on any atom is 0.255 e. The Morgan fingerprint density at radius 2 is 1.76 bits per heavy atom. The van der Waals surface area contributed by atoms with E-state index in [1.165, 1.54) is 31.9 Å². The lowest BCUT2D eigenvalue weighted by molar-refractivity contribution is -0.124.